The van der Waals surface area contributed by atoms with Gasteiger partial charge in [-0.1, -0.05) is 28.1 Å². The Bertz CT molecular complexity index is 569. The summed E-state index contributed by atoms with van der Waals surface area (Å²) in [5.41, 5.74) is 7.92. The van der Waals surface area contributed by atoms with Gasteiger partial charge in [-0.2, -0.15) is 4.31 Å². The standard InChI is InChI=1S/C13H20BrN3O2S/c1-20(18,19)17-6-4-16(5-7-17)10-12-3-2-11(9-15)8-13(12)14/h2-3,8H,4-7,9-10,15H2,1H3. The van der Waals surface area contributed by atoms with E-state index >= 15 is 0 Å². The molecule has 0 unspecified atom stereocenters. The van der Waals surface area contributed by atoms with Crippen LogP contribution in [0.25, 0.3) is 0 Å². The summed E-state index contributed by atoms with van der Waals surface area (Å²) in [4.78, 5) is 2.27. The van der Waals surface area contributed by atoms with Gasteiger partial charge in [-0.25, -0.2) is 8.42 Å². The highest BCUT2D eigenvalue weighted by molar-refractivity contribution is 9.10. The molecule has 20 heavy (non-hydrogen) atoms. The Kier molecular flexibility index (Phi) is 5.19. The van der Waals surface area contributed by atoms with E-state index in [1.54, 1.807) is 0 Å². The Morgan fingerprint density at radius 1 is 1.25 bits per heavy atom. The van der Waals surface area contributed by atoms with Crippen LogP contribution in [0.15, 0.2) is 22.7 Å². The highest BCUT2D eigenvalue weighted by Crippen LogP contribution is 2.21. The van der Waals surface area contributed by atoms with Crippen molar-refractivity contribution in [3.8, 4) is 0 Å². The molecule has 0 atom stereocenters. The molecule has 0 amide bonds. The Morgan fingerprint density at radius 2 is 1.90 bits per heavy atom. The summed E-state index contributed by atoms with van der Waals surface area (Å²) in [5, 5.41) is 0. The van der Waals surface area contributed by atoms with Gasteiger partial charge in [0.1, 0.15) is 0 Å². The van der Waals surface area contributed by atoms with Gasteiger partial charge < -0.3 is 5.73 Å². The molecule has 5 nitrogen and oxygen atoms in total. The first-order chi connectivity index (χ1) is 9.40. The lowest BCUT2D eigenvalue weighted by Crippen LogP contribution is -2.47. The first-order valence-electron chi connectivity index (χ1n) is 6.55. The quantitative estimate of drug-likeness (QED) is 0.868. The summed E-state index contributed by atoms with van der Waals surface area (Å²) in [6.45, 7) is 4.01. The van der Waals surface area contributed by atoms with E-state index in [1.165, 1.54) is 16.1 Å². The minimum atomic E-state index is -3.06. The predicted octanol–water partition coefficient (Wildman–Crippen LogP) is 0.985. The molecule has 1 heterocycles. The fraction of sp³-hybridized carbons (Fsp3) is 0.538. The van der Waals surface area contributed by atoms with Gasteiger partial charge in [-0.15, -0.1) is 0 Å². The van der Waals surface area contributed by atoms with Crippen molar-refractivity contribution in [3.05, 3.63) is 33.8 Å². The van der Waals surface area contributed by atoms with Crippen molar-refractivity contribution >= 4 is 26.0 Å². The largest absolute Gasteiger partial charge is 0.326 e. The van der Waals surface area contributed by atoms with Crippen molar-refractivity contribution < 1.29 is 8.42 Å². The lowest BCUT2D eigenvalue weighted by atomic mass is 10.1. The van der Waals surface area contributed by atoms with Crippen LogP contribution in [0, 0.1) is 0 Å². The average Bonchev–Trinajstić information content (AvgIpc) is 2.40. The molecule has 112 valence electrons. The molecule has 0 saturated carbocycles. The third kappa shape index (κ3) is 4.02. The Hall–Kier alpha value is -0.470. The van der Waals surface area contributed by atoms with Crippen LogP contribution in [0.1, 0.15) is 11.1 Å². The third-order valence-electron chi connectivity index (χ3n) is 3.55. The van der Waals surface area contributed by atoms with Gasteiger partial charge >= 0.3 is 0 Å². The summed E-state index contributed by atoms with van der Waals surface area (Å²) in [6, 6.07) is 6.16. The van der Waals surface area contributed by atoms with Crippen LogP contribution in [0.3, 0.4) is 0 Å². The van der Waals surface area contributed by atoms with E-state index in [1.807, 2.05) is 12.1 Å². The number of piperazine rings is 1. The minimum absolute atomic E-state index is 0.534. The highest BCUT2D eigenvalue weighted by atomic mass is 79.9. The maximum atomic E-state index is 11.5. The molecular formula is C13H20BrN3O2S. The lowest BCUT2D eigenvalue weighted by Gasteiger charge is -2.33. The monoisotopic (exact) mass is 361 g/mol. The van der Waals surface area contributed by atoms with Gasteiger partial charge in [-0.3, -0.25) is 4.90 Å². The molecule has 1 aliphatic rings. The zero-order valence-electron chi connectivity index (χ0n) is 11.5. The zero-order chi connectivity index (χ0) is 14.8. The van der Waals surface area contributed by atoms with Crippen molar-refractivity contribution in [2.75, 3.05) is 32.4 Å². The summed E-state index contributed by atoms with van der Waals surface area (Å²) >= 11 is 3.57. The molecule has 1 saturated heterocycles. The van der Waals surface area contributed by atoms with Gasteiger partial charge in [0.05, 0.1) is 6.26 Å². The summed E-state index contributed by atoms with van der Waals surface area (Å²) in [7, 11) is -3.06. The van der Waals surface area contributed by atoms with Crippen LogP contribution in [0.4, 0.5) is 0 Å². The van der Waals surface area contributed by atoms with Crippen molar-refractivity contribution in [3.63, 3.8) is 0 Å². The maximum absolute atomic E-state index is 11.5. The second-order valence-corrected chi connectivity index (χ2v) is 7.90. The van der Waals surface area contributed by atoms with Crippen LogP contribution in [-0.4, -0.2) is 50.1 Å². The van der Waals surface area contributed by atoms with Crippen LogP contribution in [0.2, 0.25) is 0 Å². The number of nitrogens with two attached hydrogens (primary N) is 1. The van der Waals surface area contributed by atoms with E-state index in [-0.39, 0.29) is 0 Å². The van der Waals surface area contributed by atoms with Crippen molar-refractivity contribution in [1.82, 2.24) is 9.21 Å². The van der Waals surface area contributed by atoms with E-state index in [9.17, 15) is 8.42 Å². The van der Waals surface area contributed by atoms with Gasteiger partial charge in [0.25, 0.3) is 0 Å². The number of hydrogen-bond donors (Lipinski definition) is 1. The summed E-state index contributed by atoms with van der Waals surface area (Å²) in [6.07, 6.45) is 1.27. The molecule has 1 aromatic rings. The smallest absolute Gasteiger partial charge is 0.211 e. The summed E-state index contributed by atoms with van der Waals surface area (Å²) < 4.78 is 25.5. The van der Waals surface area contributed by atoms with E-state index in [0.29, 0.717) is 19.6 Å². The second-order valence-electron chi connectivity index (χ2n) is 5.07. The van der Waals surface area contributed by atoms with E-state index < -0.39 is 10.0 Å². The first-order valence-corrected chi connectivity index (χ1v) is 9.19. The molecule has 0 bridgehead atoms. The number of halogens is 1. The fourth-order valence-corrected chi connectivity index (χ4v) is 3.68. The SMILES string of the molecule is CS(=O)(=O)N1CCN(Cc2ccc(CN)cc2Br)CC1. The molecule has 0 aliphatic carbocycles. The predicted molar refractivity (Wildman–Crippen MR) is 83.7 cm³/mol. The molecule has 1 fully saturated rings. The van der Waals surface area contributed by atoms with Crippen molar-refractivity contribution in [2.45, 2.75) is 13.1 Å². The van der Waals surface area contributed by atoms with Crippen LogP contribution in [-0.2, 0) is 23.1 Å². The Morgan fingerprint density at radius 3 is 2.40 bits per heavy atom. The lowest BCUT2D eigenvalue weighted by molar-refractivity contribution is 0.182. The van der Waals surface area contributed by atoms with E-state index in [2.05, 4.69) is 26.9 Å². The van der Waals surface area contributed by atoms with Crippen molar-refractivity contribution in [2.24, 2.45) is 5.73 Å². The number of hydrogen-bond acceptors (Lipinski definition) is 4. The average molecular weight is 362 g/mol. The van der Waals surface area contributed by atoms with Crippen molar-refractivity contribution in [1.29, 1.82) is 0 Å². The molecule has 1 aliphatic heterocycles. The van der Waals surface area contributed by atoms with Gasteiger partial charge in [0, 0.05) is 43.7 Å². The molecule has 0 radical (unpaired) electrons. The van der Waals surface area contributed by atoms with Crippen LogP contribution < -0.4 is 5.73 Å². The molecule has 0 spiro atoms. The minimum Gasteiger partial charge on any atom is -0.326 e. The normalized spacial score (nSPS) is 18.4. The van der Waals surface area contributed by atoms with Crippen LogP contribution in [0.5, 0.6) is 0 Å². The van der Waals surface area contributed by atoms with Gasteiger partial charge in [-0.05, 0) is 17.2 Å². The topological polar surface area (TPSA) is 66.6 Å². The third-order valence-corrected chi connectivity index (χ3v) is 5.59. The number of nitrogens with zero attached hydrogens (tertiary/aromatic N) is 2. The van der Waals surface area contributed by atoms with E-state index in [0.717, 1.165) is 29.7 Å². The molecular weight excluding hydrogens is 342 g/mol. The van der Waals surface area contributed by atoms with Crippen LogP contribution >= 0.6 is 15.9 Å². The number of benzene rings is 1. The molecule has 7 heteroatoms. The molecule has 0 aromatic heterocycles. The molecule has 2 rings (SSSR count). The Labute approximate surface area is 128 Å². The molecule has 1 aromatic carbocycles. The number of rotatable bonds is 4. The maximum Gasteiger partial charge on any atom is 0.211 e. The zero-order valence-corrected chi connectivity index (χ0v) is 14.0. The van der Waals surface area contributed by atoms with E-state index in [4.69, 9.17) is 5.73 Å². The summed E-state index contributed by atoms with van der Waals surface area (Å²) in [5.74, 6) is 0. The highest BCUT2D eigenvalue weighted by Gasteiger charge is 2.23. The molecule has 2 N–H and O–H groups in total. The second kappa shape index (κ2) is 6.53. The Balaban J connectivity index is 1.96. The first kappa shape index (κ1) is 15.9. The fourth-order valence-electron chi connectivity index (χ4n) is 2.31. The number of sulfonamides is 1. The van der Waals surface area contributed by atoms with Gasteiger partial charge in [0.15, 0.2) is 0 Å². The van der Waals surface area contributed by atoms with Gasteiger partial charge in [0.2, 0.25) is 10.0 Å².